The second-order valence-electron chi connectivity index (χ2n) is 4.53. The molecule has 0 bridgehead atoms. The smallest absolute Gasteiger partial charge is 0.119 e. The number of ether oxygens (including phenoxy) is 1. The normalized spacial score (nSPS) is 12.1. The molecule has 0 aliphatic rings. The lowest BCUT2D eigenvalue weighted by Crippen LogP contribution is -2.35. The van der Waals surface area contributed by atoms with Crippen LogP contribution in [0.25, 0.3) is 0 Å². The summed E-state index contributed by atoms with van der Waals surface area (Å²) in [6.07, 6.45) is 0.560. The second-order valence-corrected chi connectivity index (χ2v) is 4.53. The van der Waals surface area contributed by atoms with E-state index in [2.05, 4.69) is 26.1 Å². The summed E-state index contributed by atoms with van der Waals surface area (Å²) in [4.78, 5) is 0. The third-order valence-corrected chi connectivity index (χ3v) is 2.54. The van der Waals surface area contributed by atoms with Crippen molar-refractivity contribution in [1.29, 1.82) is 0 Å². The molecular formula is C14H24ClNO2. The predicted molar refractivity (Wildman–Crippen MR) is 77.7 cm³/mol. The number of aliphatic hydroxyl groups is 1. The van der Waals surface area contributed by atoms with Gasteiger partial charge < -0.3 is 15.2 Å². The van der Waals surface area contributed by atoms with E-state index in [-0.39, 0.29) is 12.4 Å². The molecule has 0 saturated carbocycles. The lowest BCUT2D eigenvalue weighted by atomic mass is 10.2. The molecule has 4 heteroatoms. The molecule has 0 saturated heterocycles. The van der Waals surface area contributed by atoms with Crippen molar-refractivity contribution in [2.24, 2.45) is 0 Å². The second kappa shape index (κ2) is 9.20. The maximum Gasteiger partial charge on any atom is 0.119 e. The van der Waals surface area contributed by atoms with Gasteiger partial charge in [0.15, 0.2) is 0 Å². The topological polar surface area (TPSA) is 41.5 Å². The summed E-state index contributed by atoms with van der Waals surface area (Å²) in [5.74, 6) is 0.811. The van der Waals surface area contributed by atoms with Crippen LogP contribution in [0.1, 0.15) is 26.3 Å². The van der Waals surface area contributed by atoms with Crippen LogP contribution in [-0.4, -0.2) is 30.4 Å². The average molecular weight is 274 g/mol. The monoisotopic (exact) mass is 273 g/mol. The van der Waals surface area contributed by atoms with Crippen LogP contribution in [0.2, 0.25) is 0 Å². The van der Waals surface area contributed by atoms with Crippen LogP contribution in [0, 0.1) is 0 Å². The van der Waals surface area contributed by atoms with E-state index in [1.807, 2.05) is 24.3 Å². The van der Waals surface area contributed by atoms with Gasteiger partial charge in [-0.15, -0.1) is 12.4 Å². The van der Waals surface area contributed by atoms with E-state index >= 15 is 0 Å². The van der Waals surface area contributed by atoms with Gasteiger partial charge in [0.2, 0.25) is 0 Å². The number of rotatable bonds is 7. The maximum atomic E-state index is 9.67. The molecule has 104 valence electrons. The highest BCUT2D eigenvalue weighted by atomic mass is 35.5. The largest absolute Gasteiger partial charge is 0.491 e. The maximum absolute atomic E-state index is 9.67. The zero-order valence-electron chi connectivity index (χ0n) is 11.3. The molecule has 0 spiro atoms. The lowest BCUT2D eigenvalue weighted by molar-refractivity contribution is 0.104. The fraction of sp³-hybridized carbons (Fsp3) is 0.571. The van der Waals surface area contributed by atoms with Gasteiger partial charge in [0.25, 0.3) is 0 Å². The van der Waals surface area contributed by atoms with Crippen molar-refractivity contribution in [2.75, 3.05) is 13.2 Å². The summed E-state index contributed by atoms with van der Waals surface area (Å²) >= 11 is 0. The van der Waals surface area contributed by atoms with E-state index in [1.165, 1.54) is 5.56 Å². The molecule has 1 aromatic rings. The molecule has 0 radical (unpaired) electrons. The Kier molecular flexibility index (Phi) is 8.81. The third-order valence-electron chi connectivity index (χ3n) is 2.54. The van der Waals surface area contributed by atoms with E-state index in [9.17, 15) is 5.11 Å². The van der Waals surface area contributed by atoms with Gasteiger partial charge in [-0.1, -0.05) is 32.9 Å². The van der Waals surface area contributed by atoms with Crippen molar-refractivity contribution in [3.05, 3.63) is 29.8 Å². The van der Waals surface area contributed by atoms with E-state index in [4.69, 9.17) is 4.74 Å². The van der Waals surface area contributed by atoms with Gasteiger partial charge in [-0.25, -0.2) is 0 Å². The number of hydrogen-bond donors (Lipinski definition) is 2. The van der Waals surface area contributed by atoms with E-state index in [1.54, 1.807) is 0 Å². The van der Waals surface area contributed by atoms with Crippen LogP contribution in [-0.2, 0) is 6.42 Å². The molecule has 0 amide bonds. The quantitative estimate of drug-likeness (QED) is 0.802. The minimum absolute atomic E-state index is 0. The summed E-state index contributed by atoms with van der Waals surface area (Å²) in [7, 11) is 0. The summed E-state index contributed by atoms with van der Waals surface area (Å²) in [6.45, 7) is 7.11. The first-order valence-electron chi connectivity index (χ1n) is 6.25. The minimum atomic E-state index is -0.469. The molecule has 0 aromatic heterocycles. The molecule has 1 atom stereocenters. The molecule has 1 rings (SSSR count). The van der Waals surface area contributed by atoms with Gasteiger partial charge >= 0.3 is 0 Å². The zero-order chi connectivity index (χ0) is 12.7. The number of aliphatic hydroxyl groups excluding tert-OH is 1. The SMILES string of the molecule is CCc1ccc(OCC(O)CNC(C)C)cc1.Cl. The van der Waals surface area contributed by atoms with E-state index < -0.39 is 6.10 Å². The van der Waals surface area contributed by atoms with Crippen LogP contribution >= 0.6 is 12.4 Å². The van der Waals surface area contributed by atoms with Crippen LogP contribution in [0.4, 0.5) is 0 Å². The van der Waals surface area contributed by atoms with Crippen LogP contribution in [0.3, 0.4) is 0 Å². The third kappa shape index (κ3) is 6.84. The van der Waals surface area contributed by atoms with Crippen molar-refractivity contribution in [2.45, 2.75) is 39.3 Å². The fourth-order valence-electron chi connectivity index (χ4n) is 1.44. The van der Waals surface area contributed by atoms with Crippen molar-refractivity contribution in [3.63, 3.8) is 0 Å². The molecule has 1 unspecified atom stereocenters. The Morgan fingerprint density at radius 3 is 2.33 bits per heavy atom. The van der Waals surface area contributed by atoms with Crippen LogP contribution in [0.5, 0.6) is 5.75 Å². The Labute approximate surface area is 116 Å². The Balaban J connectivity index is 0.00000289. The molecular weight excluding hydrogens is 250 g/mol. The average Bonchev–Trinajstić information content (AvgIpc) is 2.34. The predicted octanol–water partition coefficient (Wildman–Crippen LogP) is 2.41. The molecule has 3 nitrogen and oxygen atoms in total. The van der Waals surface area contributed by atoms with Crippen molar-refractivity contribution >= 4 is 12.4 Å². The zero-order valence-corrected chi connectivity index (χ0v) is 12.2. The number of hydrogen-bond acceptors (Lipinski definition) is 3. The Hall–Kier alpha value is -0.770. The van der Waals surface area contributed by atoms with Gasteiger partial charge in [0.1, 0.15) is 18.5 Å². The van der Waals surface area contributed by atoms with Gasteiger partial charge in [0.05, 0.1) is 0 Å². The molecule has 0 aliphatic carbocycles. The van der Waals surface area contributed by atoms with Gasteiger partial charge in [-0.05, 0) is 24.1 Å². The van der Waals surface area contributed by atoms with E-state index in [0.29, 0.717) is 19.2 Å². The van der Waals surface area contributed by atoms with Crippen molar-refractivity contribution in [1.82, 2.24) is 5.32 Å². The number of halogens is 1. The first-order chi connectivity index (χ1) is 8.11. The molecule has 18 heavy (non-hydrogen) atoms. The highest BCUT2D eigenvalue weighted by Gasteiger charge is 2.05. The Bertz CT molecular complexity index is 314. The van der Waals surface area contributed by atoms with Crippen LogP contribution < -0.4 is 10.1 Å². The summed E-state index contributed by atoms with van der Waals surface area (Å²) in [5, 5.41) is 12.8. The summed E-state index contributed by atoms with van der Waals surface area (Å²) in [6, 6.07) is 8.37. The van der Waals surface area contributed by atoms with Crippen molar-refractivity contribution < 1.29 is 9.84 Å². The number of benzene rings is 1. The van der Waals surface area contributed by atoms with Gasteiger partial charge in [-0.2, -0.15) is 0 Å². The fourth-order valence-corrected chi connectivity index (χ4v) is 1.44. The Morgan fingerprint density at radius 2 is 1.83 bits per heavy atom. The molecule has 0 aliphatic heterocycles. The van der Waals surface area contributed by atoms with Crippen LogP contribution in [0.15, 0.2) is 24.3 Å². The standard InChI is InChI=1S/C14H23NO2.ClH/c1-4-12-5-7-14(8-6-12)17-10-13(16)9-15-11(2)3;/h5-8,11,13,15-16H,4,9-10H2,1-3H3;1H. The minimum Gasteiger partial charge on any atom is -0.491 e. The molecule has 0 fully saturated rings. The molecule has 0 heterocycles. The van der Waals surface area contributed by atoms with Crippen molar-refractivity contribution in [3.8, 4) is 5.75 Å². The molecule has 2 N–H and O–H groups in total. The highest BCUT2D eigenvalue weighted by molar-refractivity contribution is 5.85. The first-order valence-corrected chi connectivity index (χ1v) is 6.25. The summed E-state index contributed by atoms with van der Waals surface area (Å²) in [5.41, 5.74) is 1.29. The number of nitrogens with one attached hydrogen (secondary N) is 1. The van der Waals surface area contributed by atoms with Gasteiger partial charge in [0, 0.05) is 12.6 Å². The van der Waals surface area contributed by atoms with Gasteiger partial charge in [-0.3, -0.25) is 0 Å². The number of aryl methyl sites for hydroxylation is 1. The Morgan fingerprint density at radius 1 is 1.22 bits per heavy atom. The summed E-state index contributed by atoms with van der Waals surface area (Å²) < 4.78 is 5.51. The highest BCUT2D eigenvalue weighted by Crippen LogP contribution is 2.12. The molecule has 1 aromatic carbocycles. The first kappa shape index (κ1) is 17.2. The van der Waals surface area contributed by atoms with E-state index in [0.717, 1.165) is 12.2 Å². The lowest BCUT2D eigenvalue weighted by Gasteiger charge is -2.15.